The van der Waals surface area contributed by atoms with Crippen LogP contribution in [0.2, 0.25) is 0 Å². The highest BCUT2D eigenvalue weighted by atomic mass is 16.5. The van der Waals surface area contributed by atoms with E-state index < -0.39 is 0 Å². The van der Waals surface area contributed by atoms with E-state index in [9.17, 15) is 4.79 Å². The number of aromatic nitrogens is 2. The van der Waals surface area contributed by atoms with Crippen LogP contribution in [-0.2, 0) is 4.74 Å². The number of nitrogens with one attached hydrogen (secondary N) is 1. The van der Waals surface area contributed by atoms with E-state index in [4.69, 9.17) is 9.84 Å². The first-order valence-electron chi connectivity index (χ1n) is 9.98. The van der Waals surface area contributed by atoms with Crippen LogP contribution >= 0.6 is 0 Å². The Kier molecular flexibility index (Phi) is 6.00. The molecule has 1 saturated heterocycles. The van der Waals surface area contributed by atoms with Crippen LogP contribution in [0.25, 0.3) is 5.69 Å². The molecule has 1 atom stereocenters. The molecule has 1 aliphatic rings. The number of aryl methyl sites for hydroxylation is 1. The lowest BCUT2D eigenvalue weighted by atomic mass is 9.97. The molecule has 0 radical (unpaired) electrons. The molecule has 5 heteroatoms. The summed E-state index contributed by atoms with van der Waals surface area (Å²) >= 11 is 0. The zero-order valence-electron chi connectivity index (χ0n) is 17.1. The minimum atomic E-state index is -0.0438. The quantitative estimate of drug-likeness (QED) is 0.824. The third-order valence-corrected chi connectivity index (χ3v) is 5.13. The van der Waals surface area contributed by atoms with E-state index in [0.29, 0.717) is 6.54 Å². The second kappa shape index (κ2) is 8.26. The van der Waals surface area contributed by atoms with Crippen molar-refractivity contribution in [1.82, 2.24) is 15.1 Å². The number of carbonyl (C=O) groups is 1. The highest BCUT2D eigenvalue weighted by Crippen LogP contribution is 2.30. The highest BCUT2D eigenvalue weighted by Gasteiger charge is 2.28. The predicted molar refractivity (Wildman–Crippen MR) is 108 cm³/mol. The van der Waals surface area contributed by atoms with Crippen LogP contribution in [-0.4, -0.2) is 34.9 Å². The van der Waals surface area contributed by atoms with Gasteiger partial charge in [-0.05, 0) is 43.2 Å². The average molecular weight is 370 g/mol. The van der Waals surface area contributed by atoms with Crippen molar-refractivity contribution in [2.75, 3.05) is 13.2 Å². The molecule has 1 amide bonds. The van der Waals surface area contributed by atoms with Crippen LogP contribution in [0.3, 0.4) is 0 Å². The molecule has 2 heterocycles. The van der Waals surface area contributed by atoms with Crippen molar-refractivity contribution in [3.8, 4) is 5.69 Å². The normalized spacial score (nSPS) is 17.1. The Morgan fingerprint density at radius 3 is 2.59 bits per heavy atom. The minimum Gasteiger partial charge on any atom is -0.376 e. The summed E-state index contributed by atoms with van der Waals surface area (Å²) in [6.45, 7) is 11.8. The van der Waals surface area contributed by atoms with Crippen molar-refractivity contribution in [2.24, 2.45) is 0 Å². The van der Waals surface area contributed by atoms with Crippen LogP contribution in [0.15, 0.2) is 24.3 Å². The Morgan fingerprint density at radius 1 is 1.26 bits per heavy atom. The van der Waals surface area contributed by atoms with Crippen LogP contribution < -0.4 is 5.32 Å². The summed E-state index contributed by atoms with van der Waals surface area (Å²) in [5, 5.41) is 7.98. The van der Waals surface area contributed by atoms with E-state index in [2.05, 4.69) is 52.1 Å². The van der Waals surface area contributed by atoms with E-state index in [1.165, 1.54) is 0 Å². The average Bonchev–Trinajstić information content (AvgIpc) is 3.27. The molecule has 1 fully saturated rings. The SMILES string of the molecule is Cc1ccccc1-n1nc(C(C)C)c(C(=O)NC[C@H]2CCCO2)c1C(C)C. The topological polar surface area (TPSA) is 56.2 Å². The molecule has 5 nitrogen and oxygen atoms in total. The van der Waals surface area contributed by atoms with E-state index in [0.717, 1.165) is 47.7 Å². The Morgan fingerprint density at radius 2 is 2.00 bits per heavy atom. The van der Waals surface area contributed by atoms with Gasteiger partial charge in [0.1, 0.15) is 0 Å². The molecule has 1 aromatic heterocycles. The molecule has 2 aromatic rings. The molecule has 0 bridgehead atoms. The molecule has 1 aliphatic heterocycles. The number of ether oxygens (including phenoxy) is 1. The summed E-state index contributed by atoms with van der Waals surface area (Å²) < 4.78 is 7.62. The van der Waals surface area contributed by atoms with Crippen LogP contribution in [0.4, 0.5) is 0 Å². The third-order valence-electron chi connectivity index (χ3n) is 5.13. The number of hydrogen-bond acceptors (Lipinski definition) is 3. The Hall–Kier alpha value is -2.14. The largest absolute Gasteiger partial charge is 0.376 e. The molecular formula is C22H31N3O2. The number of para-hydroxylation sites is 1. The zero-order valence-corrected chi connectivity index (χ0v) is 17.1. The molecule has 3 rings (SSSR count). The summed E-state index contributed by atoms with van der Waals surface area (Å²) in [6, 6.07) is 8.18. The number of nitrogens with zero attached hydrogens (tertiary/aromatic N) is 2. The van der Waals surface area contributed by atoms with Crippen LogP contribution in [0.1, 0.15) is 79.7 Å². The van der Waals surface area contributed by atoms with Gasteiger partial charge in [-0.1, -0.05) is 45.9 Å². The van der Waals surface area contributed by atoms with E-state index in [1.54, 1.807) is 0 Å². The highest BCUT2D eigenvalue weighted by molar-refractivity contribution is 5.97. The van der Waals surface area contributed by atoms with Gasteiger partial charge >= 0.3 is 0 Å². The molecule has 1 N–H and O–H groups in total. The van der Waals surface area contributed by atoms with E-state index in [1.807, 2.05) is 16.8 Å². The van der Waals surface area contributed by atoms with Crippen molar-refractivity contribution in [3.05, 3.63) is 46.8 Å². The lowest BCUT2D eigenvalue weighted by Crippen LogP contribution is -2.33. The number of hydrogen-bond donors (Lipinski definition) is 1. The van der Waals surface area contributed by atoms with Crippen molar-refractivity contribution in [2.45, 2.75) is 65.4 Å². The standard InChI is InChI=1S/C22H31N3O2/c1-14(2)20-19(22(26)23-13-17-10-8-12-27-17)21(15(3)4)25(24-20)18-11-7-6-9-16(18)5/h6-7,9,11,14-15,17H,8,10,12-13H2,1-5H3,(H,23,26)/t17-/m1/s1. The maximum absolute atomic E-state index is 13.2. The molecule has 0 aliphatic carbocycles. The summed E-state index contributed by atoms with van der Waals surface area (Å²) in [5.74, 6) is 0.294. The number of carbonyl (C=O) groups excluding carboxylic acids is 1. The lowest BCUT2D eigenvalue weighted by molar-refractivity contribution is 0.0855. The van der Waals surface area contributed by atoms with Gasteiger partial charge in [0.25, 0.3) is 5.91 Å². The fraction of sp³-hybridized carbons (Fsp3) is 0.545. The number of rotatable bonds is 6. The van der Waals surface area contributed by atoms with Gasteiger partial charge in [-0.25, -0.2) is 4.68 Å². The van der Waals surface area contributed by atoms with Gasteiger partial charge in [-0.3, -0.25) is 4.79 Å². The van der Waals surface area contributed by atoms with Gasteiger partial charge in [0.2, 0.25) is 0 Å². The van der Waals surface area contributed by atoms with Crippen LogP contribution in [0, 0.1) is 6.92 Å². The Labute approximate surface area is 162 Å². The first kappa shape index (κ1) is 19.6. The predicted octanol–water partition coefficient (Wildman–Crippen LogP) is 4.34. The monoisotopic (exact) mass is 369 g/mol. The van der Waals surface area contributed by atoms with E-state index in [-0.39, 0.29) is 23.8 Å². The maximum atomic E-state index is 13.2. The second-order valence-corrected chi connectivity index (χ2v) is 8.00. The summed E-state index contributed by atoms with van der Waals surface area (Å²) in [4.78, 5) is 13.2. The molecule has 27 heavy (non-hydrogen) atoms. The van der Waals surface area contributed by atoms with Crippen LogP contribution in [0.5, 0.6) is 0 Å². The lowest BCUT2D eigenvalue weighted by Gasteiger charge is -2.16. The van der Waals surface area contributed by atoms with Crippen molar-refractivity contribution in [1.29, 1.82) is 0 Å². The van der Waals surface area contributed by atoms with Crippen molar-refractivity contribution < 1.29 is 9.53 Å². The summed E-state index contributed by atoms with van der Waals surface area (Å²) in [6.07, 6.45) is 2.21. The summed E-state index contributed by atoms with van der Waals surface area (Å²) in [7, 11) is 0. The summed E-state index contributed by atoms with van der Waals surface area (Å²) in [5.41, 5.74) is 4.72. The first-order chi connectivity index (χ1) is 12.9. The first-order valence-corrected chi connectivity index (χ1v) is 9.98. The number of amides is 1. The molecule has 146 valence electrons. The van der Waals surface area contributed by atoms with Gasteiger partial charge in [-0.2, -0.15) is 5.10 Å². The molecule has 0 saturated carbocycles. The molecular weight excluding hydrogens is 338 g/mol. The number of benzene rings is 1. The Balaban J connectivity index is 2.03. The zero-order chi connectivity index (χ0) is 19.6. The van der Waals surface area contributed by atoms with Gasteiger partial charge in [0.15, 0.2) is 0 Å². The third kappa shape index (κ3) is 4.08. The van der Waals surface area contributed by atoms with Crippen molar-refractivity contribution >= 4 is 5.91 Å². The second-order valence-electron chi connectivity index (χ2n) is 8.00. The van der Waals surface area contributed by atoms with Gasteiger partial charge < -0.3 is 10.1 Å². The van der Waals surface area contributed by atoms with Gasteiger partial charge in [0.05, 0.1) is 28.7 Å². The maximum Gasteiger partial charge on any atom is 0.255 e. The smallest absolute Gasteiger partial charge is 0.255 e. The molecule has 0 spiro atoms. The van der Waals surface area contributed by atoms with E-state index >= 15 is 0 Å². The Bertz CT molecular complexity index is 802. The van der Waals surface area contributed by atoms with Gasteiger partial charge in [-0.15, -0.1) is 0 Å². The van der Waals surface area contributed by atoms with Gasteiger partial charge in [0, 0.05) is 13.2 Å². The fourth-order valence-electron chi connectivity index (χ4n) is 3.70. The molecule has 0 unspecified atom stereocenters. The van der Waals surface area contributed by atoms with Crippen molar-refractivity contribution in [3.63, 3.8) is 0 Å². The fourth-order valence-corrected chi connectivity index (χ4v) is 3.70. The molecule has 1 aromatic carbocycles. The minimum absolute atomic E-state index is 0.0438.